The Kier molecular flexibility index (Phi) is 10.4. The number of para-hydroxylation sites is 1. The van der Waals surface area contributed by atoms with Crippen molar-refractivity contribution in [3.05, 3.63) is 143 Å². The molecule has 2 N–H and O–H groups in total. The van der Waals surface area contributed by atoms with Gasteiger partial charge in [0.15, 0.2) is 5.76 Å². The van der Waals surface area contributed by atoms with Crippen molar-refractivity contribution in [2.24, 2.45) is 0 Å². The Balaban J connectivity index is 1.35. The van der Waals surface area contributed by atoms with E-state index in [9.17, 15) is 22.8 Å². The molecular weight excluding hydrogens is 679 g/mol. The van der Waals surface area contributed by atoms with Gasteiger partial charge in [-0.1, -0.05) is 83.0 Å². The molecule has 6 rings (SSSR count). The summed E-state index contributed by atoms with van der Waals surface area (Å²) in [6, 6.07) is 27.3. The number of carbonyl (C=O) groups is 3. The molecule has 0 saturated carbocycles. The van der Waals surface area contributed by atoms with E-state index in [2.05, 4.69) is 15.5 Å². The van der Waals surface area contributed by atoms with Crippen molar-refractivity contribution in [3.63, 3.8) is 0 Å². The maximum absolute atomic E-state index is 14.5. The molecule has 4 aromatic carbocycles. The highest BCUT2D eigenvalue weighted by Crippen LogP contribution is 2.24. The van der Waals surface area contributed by atoms with E-state index in [0.717, 1.165) is 33.2 Å². The minimum Gasteiger partial charge on any atom is -0.361 e. The van der Waals surface area contributed by atoms with Crippen LogP contribution in [-0.4, -0.2) is 71.7 Å². The van der Waals surface area contributed by atoms with Gasteiger partial charge in [0.2, 0.25) is 5.91 Å². The van der Waals surface area contributed by atoms with Crippen molar-refractivity contribution < 1.29 is 27.3 Å². The molecule has 0 spiro atoms. The molecule has 0 aliphatic carbocycles. The van der Waals surface area contributed by atoms with Gasteiger partial charge in [-0.2, -0.15) is 0 Å². The van der Waals surface area contributed by atoms with Crippen molar-refractivity contribution in [2.45, 2.75) is 43.7 Å². The maximum atomic E-state index is 14.5. The number of carbonyl (C=O) groups excluding carboxylic acids is 3. The molecule has 52 heavy (non-hydrogen) atoms. The molecule has 266 valence electrons. The van der Waals surface area contributed by atoms with Gasteiger partial charge in [0.05, 0.1) is 11.1 Å². The number of H-pyrrole nitrogens is 1. The molecule has 2 heterocycles. The first-order valence-corrected chi connectivity index (χ1v) is 18.1. The van der Waals surface area contributed by atoms with Crippen LogP contribution in [0.15, 0.2) is 125 Å². The number of likely N-dealkylation sites (N-methyl/N-ethyl adjacent to an activating group) is 2. The summed E-state index contributed by atoms with van der Waals surface area (Å²) in [6.07, 6.45) is 3.37. The fourth-order valence-corrected chi connectivity index (χ4v) is 7.50. The highest BCUT2D eigenvalue weighted by molar-refractivity contribution is 7.89. The molecule has 12 heteroatoms. The lowest BCUT2D eigenvalue weighted by Crippen LogP contribution is -2.56. The summed E-state index contributed by atoms with van der Waals surface area (Å²) in [7, 11) is -1.52. The second-order valence-electron chi connectivity index (χ2n) is 12.8. The quantitative estimate of drug-likeness (QED) is 0.165. The summed E-state index contributed by atoms with van der Waals surface area (Å²) in [5.41, 5.74) is 5.27. The normalized spacial score (nSPS) is 12.6. The number of aromatic nitrogens is 2. The number of rotatable bonds is 12. The maximum Gasteiger partial charge on any atom is 0.266 e. The standard InChI is InChI=1S/C40H39N5O6S/c1-26-20-27(2)22-30(21-26)39(47)44(3)36(23-28-14-16-29(17-15-28)37-18-19-42-51-37)38(46)43-35(24-31-25-41-34-13-9-8-12-33(31)34)40(48)45(4)52(49,50)32-10-6-5-7-11-32/h5-22,25,35-36,41H,23-24H2,1-4H3,(H,43,46)/t35-,36-/m0/s1. The number of aromatic amines is 1. The van der Waals surface area contributed by atoms with Crippen LogP contribution in [0.2, 0.25) is 0 Å². The first kappa shape index (κ1) is 35.8. The predicted molar refractivity (Wildman–Crippen MR) is 198 cm³/mol. The third-order valence-electron chi connectivity index (χ3n) is 9.09. The average Bonchev–Trinajstić information content (AvgIpc) is 3.83. The van der Waals surface area contributed by atoms with Crippen LogP contribution in [0.4, 0.5) is 0 Å². The minimum atomic E-state index is -4.26. The molecule has 0 radical (unpaired) electrons. The first-order chi connectivity index (χ1) is 24.9. The summed E-state index contributed by atoms with van der Waals surface area (Å²) in [5, 5.41) is 7.45. The van der Waals surface area contributed by atoms with Gasteiger partial charge in [0.1, 0.15) is 12.1 Å². The van der Waals surface area contributed by atoms with Crippen LogP contribution >= 0.6 is 0 Å². The lowest BCUT2D eigenvalue weighted by atomic mass is 9.99. The Hall–Kier alpha value is -6.01. The highest BCUT2D eigenvalue weighted by Gasteiger charge is 2.36. The number of benzene rings is 4. The third kappa shape index (κ3) is 7.66. The lowest BCUT2D eigenvalue weighted by molar-refractivity contribution is -0.133. The monoisotopic (exact) mass is 717 g/mol. The number of aryl methyl sites for hydroxylation is 2. The second-order valence-corrected chi connectivity index (χ2v) is 14.8. The summed E-state index contributed by atoms with van der Waals surface area (Å²) in [5.74, 6) is -1.26. The van der Waals surface area contributed by atoms with Gasteiger partial charge in [-0.25, -0.2) is 12.7 Å². The van der Waals surface area contributed by atoms with Gasteiger partial charge in [0.25, 0.3) is 21.8 Å². The summed E-state index contributed by atoms with van der Waals surface area (Å²) < 4.78 is 33.1. The van der Waals surface area contributed by atoms with Crippen molar-refractivity contribution >= 4 is 38.6 Å². The van der Waals surface area contributed by atoms with Crippen LogP contribution in [0.5, 0.6) is 0 Å². The smallest absolute Gasteiger partial charge is 0.266 e. The Morgan fingerprint density at radius 2 is 1.52 bits per heavy atom. The van der Waals surface area contributed by atoms with E-state index in [1.165, 1.54) is 24.1 Å². The van der Waals surface area contributed by atoms with E-state index in [4.69, 9.17) is 4.52 Å². The third-order valence-corrected chi connectivity index (χ3v) is 10.9. The van der Waals surface area contributed by atoms with Crippen molar-refractivity contribution in [2.75, 3.05) is 14.1 Å². The molecule has 0 bridgehead atoms. The molecule has 0 aliphatic heterocycles. The molecule has 6 aromatic rings. The lowest BCUT2D eigenvalue weighted by Gasteiger charge is -2.30. The van der Waals surface area contributed by atoms with Gasteiger partial charge in [-0.15, -0.1) is 0 Å². The number of fused-ring (bicyclic) bond motifs is 1. The molecule has 0 saturated heterocycles. The van der Waals surface area contributed by atoms with Crippen molar-refractivity contribution in [3.8, 4) is 11.3 Å². The van der Waals surface area contributed by atoms with Crippen molar-refractivity contribution in [1.82, 2.24) is 24.7 Å². The number of nitrogens with zero attached hydrogens (tertiary/aromatic N) is 3. The Bertz CT molecular complexity index is 2300. The van der Waals surface area contributed by atoms with Gasteiger partial charge < -0.3 is 19.7 Å². The predicted octanol–water partition coefficient (Wildman–Crippen LogP) is 5.70. The SMILES string of the molecule is Cc1cc(C)cc(C(=O)N(C)[C@@H](Cc2ccc(-c3ccno3)cc2)C(=O)N[C@@H](Cc2c[nH]c3ccccc23)C(=O)N(C)S(=O)(=O)c2ccccc2)c1. The van der Waals surface area contributed by atoms with Crippen LogP contribution in [0.25, 0.3) is 22.2 Å². The zero-order chi connectivity index (χ0) is 37.0. The largest absolute Gasteiger partial charge is 0.361 e. The molecule has 2 atom stereocenters. The van der Waals surface area contributed by atoms with E-state index < -0.39 is 33.9 Å². The van der Waals surface area contributed by atoms with E-state index in [-0.39, 0.29) is 23.6 Å². The van der Waals surface area contributed by atoms with Crippen LogP contribution in [-0.2, 0) is 32.5 Å². The molecule has 0 fully saturated rings. The molecule has 3 amide bonds. The van der Waals surface area contributed by atoms with Gasteiger partial charge in [-0.05, 0) is 55.3 Å². The van der Waals surface area contributed by atoms with Crippen LogP contribution < -0.4 is 5.32 Å². The summed E-state index contributed by atoms with van der Waals surface area (Å²) in [4.78, 5) is 47.2. The topological polar surface area (TPSA) is 146 Å². The Morgan fingerprint density at radius 3 is 2.19 bits per heavy atom. The van der Waals surface area contributed by atoms with Crippen LogP contribution in [0, 0.1) is 13.8 Å². The van der Waals surface area contributed by atoms with E-state index in [0.29, 0.717) is 21.2 Å². The molecule has 2 aromatic heterocycles. The van der Waals surface area contributed by atoms with Crippen LogP contribution in [0.1, 0.15) is 32.6 Å². The second kappa shape index (κ2) is 15.1. The fraction of sp³-hybridized carbons (Fsp3) is 0.200. The van der Waals surface area contributed by atoms with Gasteiger partial charge in [-0.3, -0.25) is 14.4 Å². The van der Waals surface area contributed by atoms with Crippen molar-refractivity contribution in [1.29, 1.82) is 0 Å². The van der Waals surface area contributed by atoms with E-state index in [1.54, 1.807) is 55.8 Å². The number of nitrogens with one attached hydrogen (secondary N) is 2. The zero-order valence-corrected chi connectivity index (χ0v) is 30.1. The van der Waals surface area contributed by atoms with Gasteiger partial charge >= 0.3 is 0 Å². The molecule has 0 aliphatic rings. The van der Waals surface area contributed by atoms with E-state index in [1.807, 2.05) is 68.4 Å². The number of hydrogen-bond acceptors (Lipinski definition) is 7. The molecule has 11 nitrogen and oxygen atoms in total. The Labute approximate surface area is 302 Å². The average molecular weight is 718 g/mol. The highest BCUT2D eigenvalue weighted by atomic mass is 32.2. The zero-order valence-electron chi connectivity index (χ0n) is 29.2. The Morgan fingerprint density at radius 1 is 0.846 bits per heavy atom. The summed E-state index contributed by atoms with van der Waals surface area (Å²) >= 11 is 0. The minimum absolute atomic E-state index is 0.0173. The van der Waals surface area contributed by atoms with Crippen LogP contribution in [0.3, 0.4) is 0 Å². The number of sulfonamides is 1. The number of hydrogen-bond donors (Lipinski definition) is 2. The molecule has 0 unspecified atom stereocenters. The summed E-state index contributed by atoms with van der Waals surface area (Å²) in [6.45, 7) is 3.79. The molecular formula is C40H39N5O6S. The number of amides is 3. The first-order valence-electron chi connectivity index (χ1n) is 16.7. The fourth-order valence-electron chi connectivity index (χ4n) is 6.32. The van der Waals surface area contributed by atoms with Gasteiger partial charge in [0, 0.05) is 61.2 Å². The van der Waals surface area contributed by atoms with E-state index >= 15 is 0 Å².